The van der Waals surface area contributed by atoms with Crippen LogP contribution in [0.4, 0.5) is 5.82 Å². The molecule has 1 N–H and O–H groups in total. The van der Waals surface area contributed by atoms with E-state index in [1.165, 1.54) is 18.0 Å². The monoisotopic (exact) mass is 322 g/mol. The third-order valence-corrected chi connectivity index (χ3v) is 4.06. The maximum absolute atomic E-state index is 12.1. The van der Waals surface area contributed by atoms with E-state index < -0.39 is 0 Å². The van der Waals surface area contributed by atoms with Gasteiger partial charge in [0.25, 0.3) is 0 Å². The quantitative estimate of drug-likeness (QED) is 0.849. The number of hydrogen-bond acceptors (Lipinski definition) is 4. The first-order chi connectivity index (χ1) is 10.1. The van der Waals surface area contributed by atoms with Crippen molar-refractivity contribution in [1.29, 1.82) is 0 Å². The smallest absolute Gasteiger partial charge is 0.238 e. The van der Waals surface area contributed by atoms with Crippen molar-refractivity contribution in [3.8, 4) is 5.75 Å². The van der Waals surface area contributed by atoms with Gasteiger partial charge in [0.05, 0.1) is 17.4 Å². The number of halogens is 1. The Morgan fingerprint density at radius 3 is 2.57 bits per heavy atom. The van der Waals surface area contributed by atoms with Crippen LogP contribution in [-0.2, 0) is 4.79 Å². The summed E-state index contributed by atoms with van der Waals surface area (Å²) in [5.41, 5.74) is 0. The average molecular weight is 323 g/mol. The summed E-state index contributed by atoms with van der Waals surface area (Å²) >= 11 is 7.23. The first-order valence-corrected chi connectivity index (χ1v) is 7.57. The summed E-state index contributed by atoms with van der Waals surface area (Å²) in [4.78, 5) is 17.1. The van der Waals surface area contributed by atoms with Crippen LogP contribution in [0.5, 0.6) is 5.75 Å². The number of benzene rings is 1. The van der Waals surface area contributed by atoms with Crippen LogP contribution in [0.3, 0.4) is 0 Å². The molecule has 0 saturated carbocycles. The number of rotatable bonds is 5. The van der Waals surface area contributed by atoms with Crippen molar-refractivity contribution < 1.29 is 9.53 Å². The number of methoxy groups -OCH3 is 1. The van der Waals surface area contributed by atoms with Crippen molar-refractivity contribution in [3.63, 3.8) is 0 Å². The Morgan fingerprint density at radius 2 is 2.00 bits per heavy atom. The molecule has 1 aromatic heterocycles. The molecule has 0 unspecified atom stereocenters. The number of amides is 1. The summed E-state index contributed by atoms with van der Waals surface area (Å²) in [5, 5.41) is 3.05. The lowest BCUT2D eigenvalue weighted by atomic mass is 10.3. The van der Waals surface area contributed by atoms with Gasteiger partial charge in [-0.05, 0) is 43.3 Å². The molecule has 4 nitrogen and oxygen atoms in total. The van der Waals surface area contributed by atoms with Crippen LogP contribution < -0.4 is 10.1 Å². The second-order valence-electron chi connectivity index (χ2n) is 4.29. The average Bonchev–Trinajstić information content (AvgIpc) is 2.50. The lowest BCUT2D eigenvalue weighted by molar-refractivity contribution is -0.115. The van der Waals surface area contributed by atoms with Crippen LogP contribution >= 0.6 is 23.4 Å². The van der Waals surface area contributed by atoms with Crippen molar-refractivity contribution in [2.24, 2.45) is 0 Å². The molecule has 0 radical (unpaired) electrons. The van der Waals surface area contributed by atoms with E-state index in [-0.39, 0.29) is 11.2 Å². The number of aromatic nitrogens is 1. The van der Waals surface area contributed by atoms with E-state index in [9.17, 15) is 4.79 Å². The first-order valence-electron chi connectivity index (χ1n) is 6.31. The van der Waals surface area contributed by atoms with Crippen molar-refractivity contribution >= 4 is 35.1 Å². The number of nitrogens with one attached hydrogen (secondary N) is 1. The summed E-state index contributed by atoms with van der Waals surface area (Å²) in [7, 11) is 1.62. The van der Waals surface area contributed by atoms with Crippen LogP contribution in [0.15, 0.2) is 47.5 Å². The zero-order chi connectivity index (χ0) is 15.2. The van der Waals surface area contributed by atoms with Gasteiger partial charge < -0.3 is 10.1 Å². The molecule has 0 saturated heterocycles. The maximum atomic E-state index is 12.1. The summed E-state index contributed by atoms with van der Waals surface area (Å²) in [6.07, 6.45) is 1.50. The molecule has 1 heterocycles. The topological polar surface area (TPSA) is 51.2 Å². The van der Waals surface area contributed by atoms with Crippen LogP contribution in [0.25, 0.3) is 0 Å². The predicted octanol–water partition coefficient (Wildman–Crippen LogP) is 3.86. The van der Waals surface area contributed by atoms with Gasteiger partial charge in [-0.2, -0.15) is 0 Å². The van der Waals surface area contributed by atoms with Gasteiger partial charge in [-0.1, -0.05) is 11.6 Å². The summed E-state index contributed by atoms with van der Waals surface area (Å²) in [6.45, 7) is 1.85. The largest absolute Gasteiger partial charge is 0.497 e. The molecule has 2 aromatic rings. The number of nitrogens with zero attached hydrogens (tertiary/aromatic N) is 1. The highest BCUT2D eigenvalue weighted by molar-refractivity contribution is 8.00. The molecule has 0 aliphatic rings. The highest BCUT2D eigenvalue weighted by Crippen LogP contribution is 2.26. The summed E-state index contributed by atoms with van der Waals surface area (Å²) < 4.78 is 5.10. The fraction of sp³-hybridized carbons (Fsp3) is 0.200. The minimum Gasteiger partial charge on any atom is -0.497 e. The number of pyridine rings is 1. The van der Waals surface area contributed by atoms with Gasteiger partial charge in [0, 0.05) is 11.1 Å². The third-order valence-electron chi connectivity index (χ3n) is 2.72. The van der Waals surface area contributed by atoms with Crippen LogP contribution in [0, 0.1) is 0 Å². The molecule has 110 valence electrons. The molecule has 0 aliphatic carbocycles. The minimum absolute atomic E-state index is 0.106. The Balaban J connectivity index is 1.93. The normalized spacial score (nSPS) is 11.8. The lowest BCUT2D eigenvalue weighted by Crippen LogP contribution is -2.22. The van der Waals surface area contributed by atoms with Crippen molar-refractivity contribution in [2.75, 3.05) is 12.4 Å². The number of carbonyl (C=O) groups excluding carboxylic acids is 1. The van der Waals surface area contributed by atoms with Crippen molar-refractivity contribution in [3.05, 3.63) is 47.6 Å². The molecule has 0 bridgehead atoms. The molecule has 1 aromatic carbocycles. The molecule has 1 amide bonds. The number of ether oxygens (including phenoxy) is 1. The Kier molecular flexibility index (Phi) is 5.47. The van der Waals surface area contributed by atoms with Gasteiger partial charge >= 0.3 is 0 Å². The van der Waals surface area contributed by atoms with Gasteiger partial charge in [0.15, 0.2) is 0 Å². The first kappa shape index (κ1) is 15.7. The lowest BCUT2D eigenvalue weighted by Gasteiger charge is -2.11. The van der Waals surface area contributed by atoms with Gasteiger partial charge in [0.1, 0.15) is 11.6 Å². The Morgan fingerprint density at radius 1 is 1.29 bits per heavy atom. The van der Waals surface area contributed by atoms with Crippen LogP contribution in [0.1, 0.15) is 6.92 Å². The molecule has 21 heavy (non-hydrogen) atoms. The van der Waals surface area contributed by atoms with E-state index in [0.29, 0.717) is 10.8 Å². The Labute approximate surface area is 132 Å². The van der Waals surface area contributed by atoms with Crippen LogP contribution in [0.2, 0.25) is 5.02 Å². The second-order valence-corrected chi connectivity index (χ2v) is 6.14. The summed E-state index contributed by atoms with van der Waals surface area (Å²) in [6, 6.07) is 10.9. The molecule has 0 fully saturated rings. The second kappa shape index (κ2) is 7.33. The van der Waals surface area contributed by atoms with E-state index in [0.717, 1.165) is 10.6 Å². The number of anilines is 1. The molecular weight excluding hydrogens is 308 g/mol. The molecular formula is C15H15ClN2O2S. The van der Waals surface area contributed by atoms with Gasteiger partial charge in [-0.15, -0.1) is 11.8 Å². The highest BCUT2D eigenvalue weighted by Gasteiger charge is 2.15. The number of hydrogen-bond donors (Lipinski definition) is 1. The van der Waals surface area contributed by atoms with Gasteiger partial charge in [0.2, 0.25) is 5.91 Å². The SMILES string of the molecule is COc1ccc(S[C@@H](C)C(=O)Nc2ccc(Cl)cn2)cc1. The van der Waals surface area contributed by atoms with Gasteiger partial charge in [-0.3, -0.25) is 4.79 Å². The third kappa shape index (κ3) is 4.65. The Hall–Kier alpha value is -1.72. The number of carbonyl (C=O) groups is 1. The molecule has 2 rings (SSSR count). The fourth-order valence-corrected chi connectivity index (χ4v) is 2.57. The number of thioether (sulfide) groups is 1. The molecule has 6 heteroatoms. The zero-order valence-electron chi connectivity index (χ0n) is 11.7. The molecule has 0 aliphatic heterocycles. The van der Waals surface area contributed by atoms with E-state index in [1.54, 1.807) is 19.2 Å². The van der Waals surface area contributed by atoms with Crippen LogP contribution in [-0.4, -0.2) is 23.3 Å². The van der Waals surface area contributed by atoms with E-state index in [2.05, 4.69) is 10.3 Å². The van der Waals surface area contributed by atoms with E-state index in [1.807, 2.05) is 31.2 Å². The predicted molar refractivity (Wildman–Crippen MR) is 86.2 cm³/mol. The highest BCUT2D eigenvalue weighted by atomic mass is 35.5. The zero-order valence-corrected chi connectivity index (χ0v) is 13.2. The summed E-state index contributed by atoms with van der Waals surface area (Å²) in [5.74, 6) is 1.18. The standard InChI is InChI=1S/C15H15ClN2O2S/c1-10(21-13-6-4-12(20-2)5-7-13)15(19)18-14-8-3-11(16)9-17-14/h3-10H,1-2H3,(H,17,18,19)/t10-/m0/s1. The molecule has 0 spiro atoms. The van der Waals surface area contributed by atoms with Gasteiger partial charge in [-0.25, -0.2) is 4.98 Å². The molecule has 1 atom stereocenters. The Bertz CT molecular complexity index is 602. The maximum Gasteiger partial charge on any atom is 0.238 e. The van der Waals surface area contributed by atoms with E-state index in [4.69, 9.17) is 16.3 Å². The minimum atomic E-state index is -0.240. The van der Waals surface area contributed by atoms with Crippen molar-refractivity contribution in [1.82, 2.24) is 4.98 Å². The van der Waals surface area contributed by atoms with Crippen molar-refractivity contribution in [2.45, 2.75) is 17.1 Å². The van der Waals surface area contributed by atoms with E-state index >= 15 is 0 Å². The fourth-order valence-electron chi connectivity index (χ4n) is 1.59.